The molecular formula is C31H42N4O3. The number of fused-ring (bicyclic) bond motifs is 2. The molecule has 0 radical (unpaired) electrons. The molecule has 0 fully saturated rings. The zero-order valence-electron chi connectivity index (χ0n) is 23.5. The van der Waals surface area contributed by atoms with Gasteiger partial charge in [0.05, 0.1) is 5.69 Å². The van der Waals surface area contributed by atoms with Crippen molar-refractivity contribution in [3.63, 3.8) is 0 Å². The third-order valence-corrected chi connectivity index (χ3v) is 6.10. The molecule has 3 N–H and O–H groups in total. The summed E-state index contributed by atoms with van der Waals surface area (Å²) in [6.07, 6.45) is 8.03. The standard InChI is InChI=1S/C22H21N3O2.C7H15NO.C2H6/c1-13-9-15-5-6-16(12-19(15)25-21(23)10-13)22(27)24-17-7-8-18-14(11-17)3-2-4-20(18)26;1-3-5-8(7-9)6-4-2;1-2/h5-9,11-12H,2-4,10H2,1H3,(H2,23,25)(H,24,27);7H,3-6H2,1-2H3;1-2H3. The van der Waals surface area contributed by atoms with E-state index in [1.165, 1.54) is 0 Å². The molecule has 0 saturated heterocycles. The highest BCUT2D eigenvalue weighted by atomic mass is 16.2. The van der Waals surface area contributed by atoms with Crippen LogP contribution < -0.4 is 11.1 Å². The zero-order valence-corrected chi connectivity index (χ0v) is 23.5. The molecular weight excluding hydrogens is 476 g/mol. The summed E-state index contributed by atoms with van der Waals surface area (Å²) in [6.45, 7) is 12.0. The average molecular weight is 519 g/mol. The van der Waals surface area contributed by atoms with Gasteiger partial charge in [-0.2, -0.15) is 0 Å². The number of ketones is 1. The minimum Gasteiger partial charge on any atom is -0.387 e. The van der Waals surface area contributed by atoms with Crippen molar-refractivity contribution in [1.29, 1.82) is 0 Å². The van der Waals surface area contributed by atoms with Gasteiger partial charge in [0, 0.05) is 48.3 Å². The van der Waals surface area contributed by atoms with Gasteiger partial charge in [0.2, 0.25) is 6.41 Å². The number of carbonyl (C=O) groups is 3. The van der Waals surface area contributed by atoms with E-state index in [1.54, 1.807) is 23.1 Å². The van der Waals surface area contributed by atoms with E-state index in [4.69, 9.17) is 5.73 Å². The van der Waals surface area contributed by atoms with Gasteiger partial charge in [-0.1, -0.05) is 45.4 Å². The molecule has 0 spiro atoms. The van der Waals surface area contributed by atoms with E-state index in [1.807, 2.05) is 45.0 Å². The molecule has 0 atom stereocenters. The van der Waals surface area contributed by atoms with Gasteiger partial charge in [-0.15, -0.1) is 0 Å². The number of amides is 2. The lowest BCUT2D eigenvalue weighted by Gasteiger charge is -2.16. The maximum atomic E-state index is 12.7. The third kappa shape index (κ3) is 8.68. The second kappa shape index (κ2) is 15.5. The Bertz CT molecular complexity index is 1180. The molecule has 0 aromatic heterocycles. The molecule has 2 amide bonds. The predicted molar refractivity (Wildman–Crippen MR) is 157 cm³/mol. The van der Waals surface area contributed by atoms with Crippen LogP contribution in [0.3, 0.4) is 0 Å². The molecule has 0 unspecified atom stereocenters. The average Bonchev–Trinajstić information content (AvgIpc) is 3.05. The van der Waals surface area contributed by atoms with Gasteiger partial charge in [0.25, 0.3) is 5.91 Å². The number of rotatable bonds is 7. The third-order valence-electron chi connectivity index (χ3n) is 6.10. The number of hydrogen-bond donors (Lipinski definition) is 2. The number of nitrogens with one attached hydrogen (secondary N) is 1. The number of hydrogen-bond acceptors (Lipinski definition) is 5. The molecule has 1 aliphatic carbocycles. The quantitative estimate of drug-likeness (QED) is 0.406. The van der Waals surface area contributed by atoms with Gasteiger partial charge in [-0.3, -0.25) is 14.4 Å². The van der Waals surface area contributed by atoms with E-state index >= 15 is 0 Å². The summed E-state index contributed by atoms with van der Waals surface area (Å²) >= 11 is 0. The van der Waals surface area contributed by atoms with Gasteiger partial charge in [0.1, 0.15) is 5.84 Å². The first-order chi connectivity index (χ1) is 18.3. The molecule has 38 heavy (non-hydrogen) atoms. The number of anilines is 1. The second-order valence-corrected chi connectivity index (χ2v) is 9.29. The number of benzene rings is 2. The molecule has 0 bridgehead atoms. The van der Waals surface area contributed by atoms with E-state index in [0.29, 0.717) is 35.6 Å². The normalized spacial score (nSPS) is 13.6. The van der Waals surface area contributed by atoms with Crippen LogP contribution in [0.15, 0.2) is 47.0 Å². The topological polar surface area (TPSA) is 105 Å². The van der Waals surface area contributed by atoms with Crippen molar-refractivity contribution < 1.29 is 14.4 Å². The van der Waals surface area contributed by atoms with E-state index < -0.39 is 0 Å². The number of amidine groups is 1. The molecule has 7 heteroatoms. The summed E-state index contributed by atoms with van der Waals surface area (Å²) in [5.41, 5.74) is 11.7. The highest BCUT2D eigenvalue weighted by Gasteiger charge is 2.18. The van der Waals surface area contributed by atoms with Gasteiger partial charge in [-0.25, -0.2) is 4.99 Å². The Labute approximate surface area is 227 Å². The minimum atomic E-state index is -0.210. The van der Waals surface area contributed by atoms with Gasteiger partial charge >= 0.3 is 0 Å². The Hall–Kier alpha value is -3.74. The molecule has 204 valence electrons. The Kier molecular flexibility index (Phi) is 12.4. The zero-order chi connectivity index (χ0) is 28.1. The maximum absolute atomic E-state index is 12.7. The fourth-order valence-corrected chi connectivity index (χ4v) is 4.42. The number of Topliss-reactive ketones (excluding diaryl/α,β-unsaturated/α-hetero) is 1. The van der Waals surface area contributed by atoms with Crippen molar-refractivity contribution >= 4 is 41.4 Å². The molecule has 1 heterocycles. The summed E-state index contributed by atoms with van der Waals surface area (Å²) in [6, 6.07) is 10.9. The fourth-order valence-electron chi connectivity index (χ4n) is 4.42. The van der Waals surface area contributed by atoms with Crippen LogP contribution in [-0.4, -0.2) is 41.9 Å². The Balaban J connectivity index is 0.000000394. The van der Waals surface area contributed by atoms with Crippen LogP contribution in [0.25, 0.3) is 6.08 Å². The Morgan fingerprint density at radius 2 is 1.79 bits per heavy atom. The van der Waals surface area contributed by atoms with Crippen LogP contribution in [0.5, 0.6) is 0 Å². The van der Waals surface area contributed by atoms with Crippen LogP contribution in [0.4, 0.5) is 11.4 Å². The lowest BCUT2D eigenvalue weighted by molar-refractivity contribution is -0.118. The summed E-state index contributed by atoms with van der Waals surface area (Å²) in [5, 5.41) is 2.92. The lowest BCUT2D eigenvalue weighted by atomic mass is 9.90. The first kappa shape index (κ1) is 30.5. The van der Waals surface area contributed by atoms with Gasteiger partial charge in [-0.05, 0) is 68.5 Å². The molecule has 7 nitrogen and oxygen atoms in total. The van der Waals surface area contributed by atoms with E-state index in [9.17, 15) is 14.4 Å². The first-order valence-electron chi connectivity index (χ1n) is 13.7. The molecule has 2 aliphatic rings. The fraction of sp³-hybridized carbons (Fsp3) is 0.419. The van der Waals surface area contributed by atoms with Crippen LogP contribution >= 0.6 is 0 Å². The molecule has 2 aromatic carbocycles. The smallest absolute Gasteiger partial charge is 0.255 e. The summed E-state index contributed by atoms with van der Waals surface area (Å²) < 4.78 is 0. The van der Waals surface area contributed by atoms with Crippen molar-refractivity contribution in [2.45, 2.75) is 73.1 Å². The van der Waals surface area contributed by atoms with Crippen molar-refractivity contribution in [3.8, 4) is 0 Å². The second-order valence-electron chi connectivity index (χ2n) is 9.29. The number of carbonyl (C=O) groups excluding carboxylic acids is 3. The van der Waals surface area contributed by atoms with Crippen molar-refractivity contribution in [1.82, 2.24) is 4.90 Å². The molecule has 1 aliphatic heterocycles. The number of aryl methyl sites for hydroxylation is 1. The monoisotopic (exact) mass is 518 g/mol. The van der Waals surface area contributed by atoms with E-state index in [0.717, 1.165) is 67.4 Å². The number of aliphatic imine (C=N–C) groups is 1. The number of nitrogens with zero attached hydrogens (tertiary/aromatic N) is 2. The highest BCUT2D eigenvalue weighted by Crippen LogP contribution is 2.28. The first-order valence-corrected chi connectivity index (χ1v) is 13.7. The van der Waals surface area contributed by atoms with Crippen molar-refractivity contribution in [2.75, 3.05) is 18.4 Å². The van der Waals surface area contributed by atoms with E-state index in [-0.39, 0.29) is 11.7 Å². The van der Waals surface area contributed by atoms with E-state index in [2.05, 4.69) is 24.2 Å². The largest absolute Gasteiger partial charge is 0.387 e. The van der Waals surface area contributed by atoms with Gasteiger partial charge in [0.15, 0.2) is 5.78 Å². The summed E-state index contributed by atoms with van der Waals surface area (Å²) in [5.74, 6) is 0.511. The maximum Gasteiger partial charge on any atom is 0.255 e. The Morgan fingerprint density at radius 1 is 1.08 bits per heavy atom. The SMILES string of the molecule is CC.CC1=Cc2ccc(C(=O)Nc3ccc4c(c3)CCCC4=O)cc2N=C(N)C1.CCCN(C=O)CCC. The van der Waals surface area contributed by atoms with Crippen LogP contribution in [-0.2, 0) is 11.2 Å². The molecule has 2 aromatic rings. The van der Waals surface area contributed by atoms with Crippen molar-refractivity contribution in [2.24, 2.45) is 10.7 Å². The summed E-state index contributed by atoms with van der Waals surface area (Å²) in [4.78, 5) is 41.1. The molecule has 4 rings (SSSR count). The predicted octanol–water partition coefficient (Wildman–Crippen LogP) is 6.54. The lowest BCUT2D eigenvalue weighted by Crippen LogP contribution is -2.23. The highest BCUT2D eigenvalue weighted by molar-refractivity contribution is 6.06. The van der Waals surface area contributed by atoms with Crippen LogP contribution in [0, 0.1) is 0 Å². The van der Waals surface area contributed by atoms with Gasteiger partial charge < -0.3 is 16.0 Å². The summed E-state index contributed by atoms with van der Waals surface area (Å²) in [7, 11) is 0. The number of nitrogens with two attached hydrogens (primary N) is 1. The van der Waals surface area contributed by atoms with Crippen molar-refractivity contribution in [3.05, 3.63) is 64.2 Å². The Morgan fingerprint density at radius 3 is 2.45 bits per heavy atom. The molecule has 0 saturated carbocycles. The van der Waals surface area contributed by atoms with Crippen LogP contribution in [0.2, 0.25) is 0 Å². The minimum absolute atomic E-state index is 0.179. The van der Waals surface area contributed by atoms with Crippen LogP contribution in [0.1, 0.15) is 98.6 Å².